The van der Waals surface area contributed by atoms with Crippen LogP contribution in [-0.4, -0.2) is 24.0 Å². The van der Waals surface area contributed by atoms with Gasteiger partial charge in [0.2, 0.25) is 0 Å². The number of hydrogen-bond acceptors (Lipinski definition) is 6. The number of hydrogen-bond donors (Lipinski definition) is 2. The zero-order valence-electron chi connectivity index (χ0n) is 9.81. The highest BCUT2D eigenvalue weighted by Gasteiger charge is 2.08. The molecular formula is C11H13FN4OS. The second kappa shape index (κ2) is 6.25. The van der Waals surface area contributed by atoms with Gasteiger partial charge in [-0.05, 0) is 19.1 Å². The van der Waals surface area contributed by atoms with E-state index >= 15 is 0 Å². The van der Waals surface area contributed by atoms with E-state index in [0.717, 1.165) is 5.56 Å². The monoisotopic (exact) mass is 268 g/mol. The topological polar surface area (TPSA) is 58.0 Å². The zero-order chi connectivity index (χ0) is 12.8. The van der Waals surface area contributed by atoms with Crippen molar-refractivity contribution < 1.29 is 8.62 Å². The van der Waals surface area contributed by atoms with Crippen molar-refractivity contribution in [2.45, 2.75) is 6.92 Å². The Morgan fingerprint density at radius 2 is 2.22 bits per heavy atom. The van der Waals surface area contributed by atoms with Gasteiger partial charge in [0.1, 0.15) is 11.6 Å². The maximum atomic E-state index is 11.9. The summed E-state index contributed by atoms with van der Waals surface area (Å²) in [6.07, 6.45) is 0. The van der Waals surface area contributed by atoms with Crippen LogP contribution in [0, 0.1) is 0 Å². The Balaban J connectivity index is 2.03. The number of rotatable bonds is 5. The second-order valence-corrected chi connectivity index (χ2v) is 4.20. The highest BCUT2D eigenvalue weighted by Crippen LogP contribution is 2.14. The molecular weight excluding hydrogens is 255 g/mol. The molecule has 0 saturated heterocycles. The summed E-state index contributed by atoms with van der Waals surface area (Å²) in [5.41, 5.74) is 6.47. The predicted molar refractivity (Wildman–Crippen MR) is 71.4 cm³/mol. The van der Waals surface area contributed by atoms with Crippen molar-refractivity contribution in [3.8, 4) is 5.75 Å². The average Bonchev–Trinajstić information content (AvgIpc) is 2.40. The molecule has 0 saturated carbocycles. The fraction of sp³-hybridized carbons (Fsp3) is 0.273. The first-order valence-corrected chi connectivity index (χ1v) is 6.29. The highest BCUT2D eigenvalue weighted by atomic mass is 32.2. The van der Waals surface area contributed by atoms with Crippen LogP contribution in [-0.2, 0) is 0 Å². The van der Waals surface area contributed by atoms with E-state index in [4.69, 9.17) is 4.74 Å². The number of benzene rings is 1. The molecule has 7 heteroatoms. The first-order valence-electron chi connectivity index (χ1n) is 5.40. The van der Waals surface area contributed by atoms with E-state index in [1.807, 2.05) is 24.3 Å². The molecule has 96 valence electrons. The van der Waals surface area contributed by atoms with Gasteiger partial charge in [-0.3, -0.25) is 10.9 Å². The lowest BCUT2D eigenvalue weighted by molar-refractivity contribution is 0.343. The lowest BCUT2D eigenvalue weighted by Gasteiger charge is -2.13. The largest absolute Gasteiger partial charge is 0.493 e. The van der Waals surface area contributed by atoms with Crippen LogP contribution in [0.1, 0.15) is 12.5 Å². The van der Waals surface area contributed by atoms with Gasteiger partial charge < -0.3 is 4.74 Å². The summed E-state index contributed by atoms with van der Waals surface area (Å²) < 4.78 is 17.3. The van der Waals surface area contributed by atoms with Crippen LogP contribution in [0.25, 0.3) is 0 Å². The minimum absolute atomic E-state index is 0.265. The molecule has 2 rings (SSSR count). The number of amidine groups is 2. The van der Waals surface area contributed by atoms with Crippen molar-refractivity contribution in [1.82, 2.24) is 10.9 Å². The Morgan fingerprint density at radius 3 is 2.94 bits per heavy atom. The molecule has 1 aliphatic heterocycles. The third kappa shape index (κ3) is 3.36. The smallest absolute Gasteiger partial charge is 0.173 e. The van der Waals surface area contributed by atoms with E-state index in [-0.39, 0.29) is 12.1 Å². The number of halogens is 1. The summed E-state index contributed by atoms with van der Waals surface area (Å²) in [4.78, 5) is 0. The molecule has 0 unspecified atom stereocenters. The van der Waals surface area contributed by atoms with Crippen molar-refractivity contribution >= 4 is 23.8 Å². The number of hydrazone groups is 2. The van der Waals surface area contributed by atoms with Crippen molar-refractivity contribution in [1.29, 1.82) is 0 Å². The quantitative estimate of drug-likeness (QED) is 0.800. The van der Waals surface area contributed by atoms with Gasteiger partial charge in [-0.25, -0.2) is 0 Å². The first-order chi connectivity index (χ1) is 8.79. The molecule has 0 amide bonds. The van der Waals surface area contributed by atoms with Crippen molar-refractivity contribution in [2.24, 2.45) is 10.2 Å². The Hall–Kier alpha value is -1.76. The molecule has 0 fully saturated rings. The van der Waals surface area contributed by atoms with Crippen LogP contribution in [0.5, 0.6) is 5.75 Å². The van der Waals surface area contributed by atoms with E-state index in [1.165, 1.54) is 0 Å². The van der Waals surface area contributed by atoms with Gasteiger partial charge >= 0.3 is 0 Å². The SMILES string of the molecule is CC1=NNC(c2cccc(OCCSF)c2)=NN1. The lowest BCUT2D eigenvalue weighted by Crippen LogP contribution is -2.32. The molecule has 1 aromatic rings. The van der Waals surface area contributed by atoms with Crippen LogP contribution in [0.15, 0.2) is 34.5 Å². The minimum Gasteiger partial charge on any atom is -0.493 e. The molecule has 0 bridgehead atoms. The molecule has 0 aliphatic carbocycles. The van der Waals surface area contributed by atoms with E-state index in [1.54, 1.807) is 6.92 Å². The van der Waals surface area contributed by atoms with E-state index in [0.29, 0.717) is 29.8 Å². The van der Waals surface area contributed by atoms with E-state index in [9.17, 15) is 3.89 Å². The maximum absolute atomic E-state index is 11.9. The van der Waals surface area contributed by atoms with Gasteiger partial charge in [0.05, 0.1) is 12.4 Å². The van der Waals surface area contributed by atoms with Crippen molar-refractivity contribution in [2.75, 3.05) is 12.4 Å². The minimum atomic E-state index is 0.265. The summed E-state index contributed by atoms with van der Waals surface area (Å²) in [5, 5.41) is 8.15. The van der Waals surface area contributed by atoms with Crippen LogP contribution >= 0.6 is 12.1 Å². The Labute approximate surface area is 109 Å². The normalized spacial score (nSPS) is 14.1. The summed E-state index contributed by atoms with van der Waals surface area (Å²) in [7, 11) is 0. The molecule has 0 aromatic heterocycles. The van der Waals surface area contributed by atoms with Gasteiger partial charge in [0.25, 0.3) is 0 Å². The summed E-state index contributed by atoms with van der Waals surface area (Å²) in [6, 6.07) is 7.38. The Kier molecular flexibility index (Phi) is 4.40. The molecule has 2 N–H and O–H groups in total. The third-order valence-electron chi connectivity index (χ3n) is 2.20. The van der Waals surface area contributed by atoms with Gasteiger partial charge in [0.15, 0.2) is 5.84 Å². The number of nitrogens with zero attached hydrogens (tertiary/aromatic N) is 2. The molecule has 1 aromatic carbocycles. The number of ether oxygens (including phenoxy) is 1. The second-order valence-electron chi connectivity index (χ2n) is 3.57. The van der Waals surface area contributed by atoms with Crippen molar-refractivity contribution in [3.05, 3.63) is 29.8 Å². The van der Waals surface area contributed by atoms with Crippen LogP contribution in [0.2, 0.25) is 0 Å². The standard InChI is InChI=1S/C11H13FN4OS/c1-8-13-15-11(16-14-8)9-3-2-4-10(7-9)17-5-6-18-12/h2-4,7H,5-6H2,1H3,(H,13,14)(H,15,16). The zero-order valence-corrected chi connectivity index (χ0v) is 10.6. The molecule has 1 heterocycles. The van der Waals surface area contributed by atoms with Gasteiger partial charge in [-0.1, -0.05) is 12.1 Å². The molecule has 18 heavy (non-hydrogen) atoms. The highest BCUT2D eigenvalue weighted by molar-refractivity contribution is 7.94. The van der Waals surface area contributed by atoms with Crippen LogP contribution in [0.3, 0.4) is 0 Å². The van der Waals surface area contributed by atoms with E-state index < -0.39 is 0 Å². The van der Waals surface area contributed by atoms with Crippen molar-refractivity contribution in [3.63, 3.8) is 0 Å². The molecule has 1 aliphatic rings. The Morgan fingerprint density at radius 1 is 1.33 bits per heavy atom. The Bertz CT molecular complexity index is 478. The fourth-order valence-corrected chi connectivity index (χ4v) is 1.52. The molecule has 0 atom stereocenters. The van der Waals surface area contributed by atoms with Crippen LogP contribution in [0.4, 0.5) is 3.89 Å². The summed E-state index contributed by atoms with van der Waals surface area (Å²) in [6.45, 7) is 2.14. The molecule has 0 spiro atoms. The third-order valence-corrected chi connectivity index (χ3v) is 2.52. The van der Waals surface area contributed by atoms with Gasteiger partial charge in [-0.15, -0.1) is 0 Å². The molecule has 0 radical (unpaired) electrons. The fourth-order valence-electron chi connectivity index (χ4n) is 1.38. The van der Waals surface area contributed by atoms with Crippen LogP contribution < -0.4 is 15.6 Å². The maximum Gasteiger partial charge on any atom is 0.173 e. The van der Waals surface area contributed by atoms with Gasteiger partial charge in [-0.2, -0.15) is 14.1 Å². The molecule has 5 nitrogen and oxygen atoms in total. The first kappa shape index (κ1) is 12.7. The predicted octanol–water partition coefficient (Wildman–Crippen LogP) is 1.87. The number of nitrogens with one attached hydrogen (secondary N) is 2. The summed E-state index contributed by atoms with van der Waals surface area (Å²) >= 11 is 0.265. The van der Waals surface area contributed by atoms with E-state index in [2.05, 4.69) is 21.1 Å². The average molecular weight is 268 g/mol. The van der Waals surface area contributed by atoms with Gasteiger partial charge in [0, 0.05) is 17.7 Å². The summed E-state index contributed by atoms with van der Waals surface area (Å²) in [5.74, 6) is 2.31. The lowest BCUT2D eigenvalue weighted by atomic mass is 10.2.